The summed E-state index contributed by atoms with van der Waals surface area (Å²) in [5.74, 6) is 1.13. The lowest BCUT2D eigenvalue weighted by Gasteiger charge is -2.33. The fraction of sp³-hybridized carbons (Fsp3) is 0.471. The second-order valence-electron chi connectivity index (χ2n) is 6.71. The van der Waals surface area contributed by atoms with Crippen LogP contribution in [0.4, 0.5) is 11.6 Å². The number of rotatable bonds is 4. The molecule has 0 spiro atoms. The molecular weight excluding hydrogens is 316 g/mol. The van der Waals surface area contributed by atoms with Gasteiger partial charge in [-0.25, -0.2) is 9.97 Å². The topological polar surface area (TPSA) is 84.1 Å². The van der Waals surface area contributed by atoms with Gasteiger partial charge in [-0.05, 0) is 30.9 Å². The summed E-state index contributed by atoms with van der Waals surface area (Å²) in [4.78, 5) is 11.0. The van der Waals surface area contributed by atoms with Gasteiger partial charge in [0.05, 0.1) is 11.4 Å². The molecule has 8 heteroatoms. The van der Waals surface area contributed by atoms with E-state index in [0.29, 0.717) is 12.0 Å². The average molecular weight is 338 g/mol. The molecule has 4 heterocycles. The van der Waals surface area contributed by atoms with E-state index in [9.17, 15) is 0 Å². The molecule has 130 valence electrons. The molecule has 25 heavy (non-hydrogen) atoms. The highest BCUT2D eigenvalue weighted by molar-refractivity contribution is 5.67. The summed E-state index contributed by atoms with van der Waals surface area (Å²) in [7, 11) is 0. The molecule has 1 N–H and O–H groups in total. The van der Waals surface area contributed by atoms with Crippen LogP contribution in [0.25, 0.3) is 5.65 Å². The van der Waals surface area contributed by atoms with Crippen molar-refractivity contribution in [2.45, 2.75) is 38.6 Å². The fourth-order valence-corrected chi connectivity index (χ4v) is 3.19. The lowest BCUT2D eigenvalue weighted by atomic mass is 10.1. The molecule has 1 aliphatic rings. The Morgan fingerprint density at radius 3 is 2.88 bits per heavy atom. The van der Waals surface area contributed by atoms with Crippen LogP contribution in [0.15, 0.2) is 30.9 Å². The predicted octanol–water partition coefficient (Wildman–Crippen LogP) is 2.12. The van der Waals surface area contributed by atoms with E-state index in [0.717, 1.165) is 48.9 Å². The molecule has 0 amide bonds. The molecule has 1 unspecified atom stereocenters. The molecule has 0 saturated carbocycles. The van der Waals surface area contributed by atoms with Crippen LogP contribution in [0.1, 0.15) is 38.3 Å². The summed E-state index contributed by atoms with van der Waals surface area (Å²) < 4.78 is 1.75. The highest BCUT2D eigenvalue weighted by Gasteiger charge is 2.23. The van der Waals surface area contributed by atoms with Crippen molar-refractivity contribution in [3.8, 4) is 0 Å². The Bertz CT molecular complexity index is 844. The molecule has 1 atom stereocenters. The Morgan fingerprint density at radius 2 is 2.08 bits per heavy atom. The molecule has 8 nitrogen and oxygen atoms in total. The molecule has 1 fully saturated rings. The van der Waals surface area contributed by atoms with Crippen LogP contribution in [0.3, 0.4) is 0 Å². The summed E-state index contributed by atoms with van der Waals surface area (Å²) in [6.45, 7) is 6.12. The first-order chi connectivity index (χ1) is 12.2. The van der Waals surface area contributed by atoms with Gasteiger partial charge in [0.1, 0.15) is 6.33 Å². The average Bonchev–Trinajstić information content (AvgIpc) is 3.11. The van der Waals surface area contributed by atoms with E-state index in [2.05, 4.69) is 55.4 Å². The van der Waals surface area contributed by atoms with Gasteiger partial charge in [-0.1, -0.05) is 13.8 Å². The third-order valence-electron chi connectivity index (χ3n) is 4.49. The minimum atomic E-state index is 0.306. The van der Waals surface area contributed by atoms with Gasteiger partial charge in [0.15, 0.2) is 0 Å². The van der Waals surface area contributed by atoms with Crippen molar-refractivity contribution in [1.29, 1.82) is 0 Å². The summed E-state index contributed by atoms with van der Waals surface area (Å²) in [6.07, 6.45) is 7.43. The van der Waals surface area contributed by atoms with Gasteiger partial charge < -0.3 is 10.2 Å². The molecule has 3 aromatic heterocycles. The SMILES string of the molecule is CC(C)c1cc(NC2CCCN(c3ncccn3)C2)c2nncn2n1. The van der Waals surface area contributed by atoms with Crippen LogP contribution < -0.4 is 10.2 Å². The Morgan fingerprint density at radius 1 is 1.24 bits per heavy atom. The van der Waals surface area contributed by atoms with E-state index in [1.807, 2.05) is 6.07 Å². The number of fused-ring (bicyclic) bond motifs is 1. The number of piperidine rings is 1. The van der Waals surface area contributed by atoms with Gasteiger partial charge in [0, 0.05) is 31.5 Å². The summed E-state index contributed by atoms with van der Waals surface area (Å²) in [5.41, 5.74) is 2.77. The predicted molar refractivity (Wildman–Crippen MR) is 95.8 cm³/mol. The lowest BCUT2D eigenvalue weighted by molar-refractivity contribution is 0.522. The van der Waals surface area contributed by atoms with Crippen LogP contribution in [-0.2, 0) is 0 Å². The van der Waals surface area contributed by atoms with Gasteiger partial charge in [-0.3, -0.25) is 0 Å². The first-order valence-electron chi connectivity index (χ1n) is 8.70. The Kier molecular flexibility index (Phi) is 4.17. The monoisotopic (exact) mass is 338 g/mol. The third-order valence-corrected chi connectivity index (χ3v) is 4.49. The quantitative estimate of drug-likeness (QED) is 0.780. The maximum atomic E-state index is 4.57. The van der Waals surface area contributed by atoms with Crippen LogP contribution in [-0.4, -0.2) is 48.9 Å². The highest BCUT2D eigenvalue weighted by atomic mass is 15.4. The van der Waals surface area contributed by atoms with Crippen molar-refractivity contribution in [3.05, 3.63) is 36.5 Å². The largest absolute Gasteiger partial charge is 0.377 e. The number of hydrogen-bond donors (Lipinski definition) is 1. The number of hydrogen-bond acceptors (Lipinski definition) is 7. The van der Waals surface area contributed by atoms with Crippen molar-refractivity contribution in [2.24, 2.45) is 0 Å². The Hall–Kier alpha value is -2.77. The first kappa shape index (κ1) is 15.7. The summed E-state index contributed by atoms with van der Waals surface area (Å²) >= 11 is 0. The van der Waals surface area contributed by atoms with E-state index in [-0.39, 0.29) is 0 Å². The number of nitrogens with zero attached hydrogens (tertiary/aromatic N) is 7. The minimum Gasteiger partial charge on any atom is -0.377 e. The van der Waals surface area contributed by atoms with Gasteiger partial charge in [0.2, 0.25) is 11.6 Å². The zero-order valence-electron chi connectivity index (χ0n) is 14.5. The van der Waals surface area contributed by atoms with E-state index in [1.54, 1.807) is 23.2 Å². The molecule has 1 saturated heterocycles. The number of nitrogens with one attached hydrogen (secondary N) is 1. The van der Waals surface area contributed by atoms with Gasteiger partial charge in [0.25, 0.3) is 0 Å². The second-order valence-corrected chi connectivity index (χ2v) is 6.71. The summed E-state index contributed by atoms with van der Waals surface area (Å²) in [6, 6.07) is 4.24. The van der Waals surface area contributed by atoms with Crippen molar-refractivity contribution in [2.75, 3.05) is 23.3 Å². The molecule has 1 aliphatic heterocycles. The number of aromatic nitrogens is 6. The van der Waals surface area contributed by atoms with Crippen molar-refractivity contribution in [3.63, 3.8) is 0 Å². The normalized spacial score (nSPS) is 18.0. The van der Waals surface area contributed by atoms with Gasteiger partial charge in [-0.2, -0.15) is 9.61 Å². The van der Waals surface area contributed by atoms with Crippen molar-refractivity contribution < 1.29 is 0 Å². The third kappa shape index (κ3) is 3.24. The van der Waals surface area contributed by atoms with E-state index in [4.69, 9.17) is 0 Å². The smallest absolute Gasteiger partial charge is 0.225 e. The maximum Gasteiger partial charge on any atom is 0.225 e. The van der Waals surface area contributed by atoms with Crippen LogP contribution in [0.5, 0.6) is 0 Å². The van der Waals surface area contributed by atoms with Crippen LogP contribution in [0.2, 0.25) is 0 Å². The molecule has 3 aromatic rings. The lowest BCUT2D eigenvalue weighted by Crippen LogP contribution is -2.43. The zero-order chi connectivity index (χ0) is 17.2. The molecule has 0 aliphatic carbocycles. The highest BCUT2D eigenvalue weighted by Crippen LogP contribution is 2.23. The summed E-state index contributed by atoms with van der Waals surface area (Å²) in [5, 5.41) is 16.4. The van der Waals surface area contributed by atoms with Crippen molar-refractivity contribution in [1.82, 2.24) is 29.8 Å². The molecule has 0 aromatic carbocycles. The maximum absolute atomic E-state index is 4.57. The second kappa shape index (κ2) is 6.62. The Labute approximate surface area is 146 Å². The standard InChI is InChI=1S/C17H22N8/c1-12(2)14-9-15(16-22-20-11-25(16)23-14)21-13-5-3-8-24(10-13)17-18-6-4-7-19-17/h4,6-7,9,11-13,21H,3,5,8,10H2,1-2H3. The Balaban J connectivity index is 1.57. The van der Waals surface area contributed by atoms with E-state index in [1.165, 1.54) is 0 Å². The van der Waals surface area contributed by atoms with Crippen molar-refractivity contribution >= 4 is 17.3 Å². The zero-order valence-corrected chi connectivity index (χ0v) is 14.5. The van der Waals surface area contributed by atoms with Crippen LogP contribution >= 0.6 is 0 Å². The number of anilines is 2. The van der Waals surface area contributed by atoms with E-state index >= 15 is 0 Å². The molecule has 0 radical (unpaired) electrons. The fourth-order valence-electron chi connectivity index (χ4n) is 3.19. The first-order valence-corrected chi connectivity index (χ1v) is 8.70. The molecular formula is C17H22N8. The van der Waals surface area contributed by atoms with Gasteiger partial charge in [-0.15, -0.1) is 10.2 Å². The van der Waals surface area contributed by atoms with E-state index < -0.39 is 0 Å². The minimum absolute atomic E-state index is 0.306. The van der Waals surface area contributed by atoms with Crippen LogP contribution in [0, 0.1) is 0 Å². The molecule has 0 bridgehead atoms. The van der Waals surface area contributed by atoms with Gasteiger partial charge >= 0.3 is 0 Å². The molecule has 4 rings (SSSR count).